The maximum absolute atomic E-state index is 10.1. The second-order valence-corrected chi connectivity index (χ2v) is 4.74. The summed E-state index contributed by atoms with van der Waals surface area (Å²) in [6, 6.07) is 1.99. The number of fused-ring (bicyclic) bond motifs is 1. The highest BCUT2D eigenvalue weighted by Crippen LogP contribution is 2.37. The summed E-state index contributed by atoms with van der Waals surface area (Å²) in [5, 5.41) is 10.1. The van der Waals surface area contributed by atoms with E-state index in [0.29, 0.717) is 13.2 Å². The van der Waals surface area contributed by atoms with Crippen molar-refractivity contribution in [3.05, 3.63) is 27.2 Å². The van der Waals surface area contributed by atoms with Gasteiger partial charge in [-0.3, -0.25) is 0 Å². The number of aliphatic hydroxyl groups excluding tert-OH is 1. The topological polar surface area (TPSA) is 38.7 Å². The van der Waals surface area contributed by atoms with Crippen LogP contribution in [0.3, 0.4) is 0 Å². The van der Waals surface area contributed by atoms with Gasteiger partial charge in [0.05, 0.1) is 20.3 Å². The van der Waals surface area contributed by atoms with Crippen LogP contribution in [0, 0.1) is 6.92 Å². The fourth-order valence-corrected chi connectivity index (χ4v) is 2.68. The summed E-state index contributed by atoms with van der Waals surface area (Å²) < 4.78 is 11.7. The number of ether oxygens (including phenoxy) is 2. The number of benzene rings is 1. The number of methoxy groups -OCH3 is 1. The molecule has 1 aromatic rings. The second-order valence-electron chi connectivity index (χ2n) is 3.94. The van der Waals surface area contributed by atoms with Gasteiger partial charge in [0.15, 0.2) is 0 Å². The Labute approximate surface area is 104 Å². The second kappa shape index (κ2) is 4.73. The number of hydrogen-bond acceptors (Lipinski definition) is 3. The van der Waals surface area contributed by atoms with Crippen LogP contribution >= 0.6 is 15.9 Å². The quantitative estimate of drug-likeness (QED) is 0.862. The number of aryl methyl sites for hydroxylation is 1. The van der Waals surface area contributed by atoms with Gasteiger partial charge in [-0.05, 0) is 25.0 Å². The highest BCUT2D eigenvalue weighted by molar-refractivity contribution is 9.10. The van der Waals surface area contributed by atoms with Gasteiger partial charge in [-0.25, -0.2) is 0 Å². The summed E-state index contributed by atoms with van der Waals surface area (Å²) in [6.07, 6.45) is 0.190. The smallest absolute Gasteiger partial charge is 0.122 e. The van der Waals surface area contributed by atoms with Crippen molar-refractivity contribution in [1.29, 1.82) is 0 Å². The standard InChI is InChI=1S/C12H15BrO3/c1-7-5-10(15-2)8-3-4-16-6-9(14)11(8)12(7)13/h5,9,14H,3-4,6H2,1-2H3. The molecule has 1 aromatic carbocycles. The monoisotopic (exact) mass is 286 g/mol. The lowest BCUT2D eigenvalue weighted by molar-refractivity contribution is 0.0448. The zero-order chi connectivity index (χ0) is 11.7. The Balaban J connectivity index is 2.63. The molecule has 1 aliphatic heterocycles. The first kappa shape index (κ1) is 11.9. The zero-order valence-corrected chi connectivity index (χ0v) is 11.0. The van der Waals surface area contributed by atoms with E-state index in [1.54, 1.807) is 7.11 Å². The largest absolute Gasteiger partial charge is 0.496 e. The minimum Gasteiger partial charge on any atom is -0.496 e. The Morgan fingerprint density at radius 3 is 3.00 bits per heavy atom. The van der Waals surface area contributed by atoms with Crippen molar-refractivity contribution in [1.82, 2.24) is 0 Å². The van der Waals surface area contributed by atoms with Gasteiger partial charge in [0, 0.05) is 15.6 Å². The van der Waals surface area contributed by atoms with Crippen molar-refractivity contribution in [2.75, 3.05) is 20.3 Å². The molecule has 0 aliphatic carbocycles. The van der Waals surface area contributed by atoms with E-state index < -0.39 is 6.10 Å². The Hall–Kier alpha value is -0.580. The van der Waals surface area contributed by atoms with E-state index in [-0.39, 0.29) is 0 Å². The molecule has 1 unspecified atom stereocenters. The average Bonchev–Trinajstić information content (AvgIpc) is 2.46. The van der Waals surface area contributed by atoms with Crippen molar-refractivity contribution in [3.8, 4) is 5.75 Å². The third-order valence-electron chi connectivity index (χ3n) is 2.88. The molecule has 16 heavy (non-hydrogen) atoms. The van der Waals surface area contributed by atoms with E-state index in [1.165, 1.54) is 0 Å². The van der Waals surface area contributed by atoms with Crippen molar-refractivity contribution >= 4 is 15.9 Å². The fraction of sp³-hybridized carbons (Fsp3) is 0.500. The van der Waals surface area contributed by atoms with Crippen LogP contribution in [0.15, 0.2) is 10.5 Å². The first-order valence-corrected chi connectivity index (χ1v) is 6.06. The summed E-state index contributed by atoms with van der Waals surface area (Å²) >= 11 is 3.53. The number of hydrogen-bond donors (Lipinski definition) is 1. The highest BCUT2D eigenvalue weighted by Gasteiger charge is 2.23. The predicted octanol–water partition coefficient (Wildman–Crippen LogP) is 2.37. The molecule has 0 spiro atoms. The van der Waals surface area contributed by atoms with Crippen molar-refractivity contribution < 1.29 is 14.6 Å². The van der Waals surface area contributed by atoms with Gasteiger partial charge < -0.3 is 14.6 Å². The number of rotatable bonds is 1. The van der Waals surface area contributed by atoms with E-state index in [2.05, 4.69) is 15.9 Å². The number of aliphatic hydroxyl groups is 1. The maximum Gasteiger partial charge on any atom is 0.122 e. The molecule has 1 heterocycles. The van der Waals surface area contributed by atoms with Gasteiger partial charge in [0.1, 0.15) is 11.9 Å². The van der Waals surface area contributed by atoms with E-state index in [1.807, 2.05) is 13.0 Å². The molecule has 0 amide bonds. The fourth-order valence-electron chi connectivity index (χ4n) is 2.06. The van der Waals surface area contributed by atoms with Gasteiger partial charge >= 0.3 is 0 Å². The average molecular weight is 287 g/mol. The summed E-state index contributed by atoms with van der Waals surface area (Å²) in [7, 11) is 1.65. The van der Waals surface area contributed by atoms with Gasteiger partial charge in [-0.1, -0.05) is 15.9 Å². The van der Waals surface area contributed by atoms with Crippen LogP contribution in [0.25, 0.3) is 0 Å². The van der Waals surface area contributed by atoms with Crippen molar-refractivity contribution in [2.45, 2.75) is 19.4 Å². The highest BCUT2D eigenvalue weighted by atomic mass is 79.9. The molecule has 1 aliphatic rings. The van der Waals surface area contributed by atoms with E-state index >= 15 is 0 Å². The van der Waals surface area contributed by atoms with Gasteiger partial charge in [-0.15, -0.1) is 0 Å². The molecular weight excluding hydrogens is 272 g/mol. The first-order valence-electron chi connectivity index (χ1n) is 5.26. The molecule has 3 nitrogen and oxygen atoms in total. The molecule has 1 N–H and O–H groups in total. The molecule has 1 atom stereocenters. The lowest BCUT2D eigenvalue weighted by Crippen LogP contribution is -2.07. The zero-order valence-electron chi connectivity index (χ0n) is 9.42. The molecule has 88 valence electrons. The summed E-state index contributed by atoms with van der Waals surface area (Å²) in [5.74, 6) is 0.834. The minimum absolute atomic E-state index is 0.345. The molecule has 0 aromatic heterocycles. The van der Waals surface area contributed by atoms with Crippen LogP contribution in [-0.4, -0.2) is 25.4 Å². The normalized spacial score (nSPS) is 20.1. The Morgan fingerprint density at radius 2 is 2.31 bits per heavy atom. The number of halogens is 1. The van der Waals surface area contributed by atoms with Crippen LogP contribution in [0.2, 0.25) is 0 Å². The molecule has 0 bridgehead atoms. The van der Waals surface area contributed by atoms with Crippen LogP contribution in [0.1, 0.15) is 22.8 Å². The minimum atomic E-state index is -0.583. The van der Waals surface area contributed by atoms with Crippen LogP contribution in [0.4, 0.5) is 0 Å². The Morgan fingerprint density at radius 1 is 1.56 bits per heavy atom. The molecule has 2 rings (SSSR count). The summed E-state index contributed by atoms with van der Waals surface area (Å²) in [5.41, 5.74) is 3.02. The lowest BCUT2D eigenvalue weighted by atomic mass is 9.97. The summed E-state index contributed by atoms with van der Waals surface area (Å²) in [4.78, 5) is 0. The predicted molar refractivity (Wildman–Crippen MR) is 64.9 cm³/mol. The van der Waals surface area contributed by atoms with Gasteiger partial charge in [0.25, 0.3) is 0 Å². The van der Waals surface area contributed by atoms with E-state index in [9.17, 15) is 5.11 Å². The molecule has 0 saturated heterocycles. The first-order chi connectivity index (χ1) is 7.65. The Bertz CT molecular complexity index is 404. The van der Waals surface area contributed by atoms with Crippen LogP contribution in [0.5, 0.6) is 5.75 Å². The lowest BCUT2D eigenvalue weighted by Gasteiger charge is -2.18. The summed E-state index contributed by atoms with van der Waals surface area (Å²) in [6.45, 7) is 2.96. The molecule has 0 saturated carbocycles. The molecule has 0 fully saturated rings. The third kappa shape index (κ3) is 1.97. The van der Waals surface area contributed by atoms with Crippen LogP contribution in [-0.2, 0) is 11.2 Å². The molecule has 4 heteroatoms. The Kier molecular flexibility index (Phi) is 3.52. The van der Waals surface area contributed by atoms with Crippen LogP contribution < -0.4 is 4.74 Å². The van der Waals surface area contributed by atoms with E-state index in [4.69, 9.17) is 9.47 Å². The third-order valence-corrected chi connectivity index (χ3v) is 3.93. The van der Waals surface area contributed by atoms with E-state index in [0.717, 1.165) is 33.3 Å². The molecule has 0 radical (unpaired) electrons. The van der Waals surface area contributed by atoms with Gasteiger partial charge in [-0.2, -0.15) is 0 Å². The van der Waals surface area contributed by atoms with Gasteiger partial charge in [0.2, 0.25) is 0 Å². The maximum atomic E-state index is 10.1. The van der Waals surface area contributed by atoms with Crippen molar-refractivity contribution in [2.24, 2.45) is 0 Å². The van der Waals surface area contributed by atoms with Crippen molar-refractivity contribution in [3.63, 3.8) is 0 Å². The SMILES string of the molecule is COc1cc(C)c(Br)c2c1CCOCC2O. The molecular formula is C12H15BrO3.